The number of amides is 2. The van der Waals surface area contributed by atoms with Gasteiger partial charge < -0.3 is 9.80 Å². The summed E-state index contributed by atoms with van der Waals surface area (Å²) in [6, 6.07) is 8.21. The SMILES string of the molecule is CCCN(CCC)C(=O)C1(C(=O)N2c3ccccc3CC2C)CC1. The Hall–Kier alpha value is -1.84. The molecule has 1 atom stereocenters. The second-order valence-corrected chi connectivity index (χ2v) is 7.23. The van der Waals surface area contributed by atoms with E-state index in [1.165, 1.54) is 5.56 Å². The fourth-order valence-corrected chi connectivity index (χ4v) is 3.91. The van der Waals surface area contributed by atoms with Crippen LogP contribution < -0.4 is 4.90 Å². The van der Waals surface area contributed by atoms with Gasteiger partial charge in [-0.25, -0.2) is 0 Å². The quantitative estimate of drug-likeness (QED) is 0.751. The lowest BCUT2D eigenvalue weighted by Crippen LogP contribution is -2.49. The Balaban J connectivity index is 1.85. The lowest BCUT2D eigenvalue weighted by molar-refractivity contribution is -0.143. The molecular formula is C20H28N2O2. The van der Waals surface area contributed by atoms with Crippen molar-refractivity contribution in [2.45, 2.75) is 58.9 Å². The van der Waals surface area contributed by atoms with Crippen LogP contribution in [0.4, 0.5) is 5.69 Å². The Kier molecular flexibility index (Phi) is 4.66. The standard InChI is InChI=1S/C20H28N2O2/c1-4-12-21(13-5-2)18(23)20(10-11-20)19(24)22-15(3)14-16-8-6-7-9-17(16)22/h6-9,15H,4-5,10-14H2,1-3H3. The van der Waals surface area contributed by atoms with Crippen LogP contribution in [-0.4, -0.2) is 35.8 Å². The first-order chi connectivity index (χ1) is 11.5. The number of benzene rings is 1. The minimum absolute atomic E-state index is 0.0159. The molecule has 1 aromatic carbocycles. The van der Waals surface area contributed by atoms with Crippen LogP contribution in [-0.2, 0) is 16.0 Å². The van der Waals surface area contributed by atoms with Crippen molar-refractivity contribution in [2.75, 3.05) is 18.0 Å². The van der Waals surface area contributed by atoms with Gasteiger partial charge in [-0.3, -0.25) is 9.59 Å². The Morgan fingerprint density at radius 3 is 2.38 bits per heavy atom. The highest BCUT2D eigenvalue weighted by molar-refractivity contribution is 6.15. The maximum atomic E-state index is 13.3. The van der Waals surface area contributed by atoms with Crippen molar-refractivity contribution in [1.82, 2.24) is 4.90 Å². The number of hydrogen-bond acceptors (Lipinski definition) is 2. The average Bonchev–Trinajstić information content (AvgIpc) is 3.31. The summed E-state index contributed by atoms with van der Waals surface area (Å²) in [5.74, 6) is 0.0648. The number of rotatable bonds is 6. The Morgan fingerprint density at radius 2 is 1.79 bits per heavy atom. The van der Waals surface area contributed by atoms with Gasteiger partial charge in [-0.2, -0.15) is 0 Å². The van der Waals surface area contributed by atoms with Crippen LogP contribution in [0.1, 0.15) is 52.0 Å². The molecule has 1 aliphatic heterocycles. The van der Waals surface area contributed by atoms with Crippen LogP contribution in [0.25, 0.3) is 0 Å². The van der Waals surface area contributed by atoms with Crippen molar-refractivity contribution in [3.63, 3.8) is 0 Å². The summed E-state index contributed by atoms with van der Waals surface area (Å²) < 4.78 is 0. The summed E-state index contributed by atoms with van der Waals surface area (Å²) in [5.41, 5.74) is 1.41. The maximum absolute atomic E-state index is 13.3. The predicted octanol–water partition coefficient (Wildman–Crippen LogP) is 3.39. The van der Waals surface area contributed by atoms with Gasteiger partial charge >= 0.3 is 0 Å². The molecule has 0 radical (unpaired) electrons. The molecule has 0 N–H and O–H groups in total. The third-order valence-corrected chi connectivity index (χ3v) is 5.27. The van der Waals surface area contributed by atoms with E-state index in [2.05, 4.69) is 26.8 Å². The third-order valence-electron chi connectivity index (χ3n) is 5.27. The van der Waals surface area contributed by atoms with Crippen LogP contribution in [0.5, 0.6) is 0 Å². The third kappa shape index (κ3) is 2.72. The van der Waals surface area contributed by atoms with Crippen LogP contribution in [0.2, 0.25) is 0 Å². The molecule has 0 spiro atoms. The monoisotopic (exact) mass is 328 g/mol. The molecule has 1 aromatic rings. The molecule has 0 aromatic heterocycles. The van der Waals surface area contributed by atoms with Crippen molar-refractivity contribution in [1.29, 1.82) is 0 Å². The molecule has 1 unspecified atom stereocenters. The van der Waals surface area contributed by atoms with E-state index in [4.69, 9.17) is 0 Å². The maximum Gasteiger partial charge on any atom is 0.242 e. The zero-order valence-corrected chi connectivity index (χ0v) is 15.0. The molecule has 2 aliphatic rings. The van der Waals surface area contributed by atoms with Crippen molar-refractivity contribution >= 4 is 17.5 Å². The number of anilines is 1. The normalized spacial score (nSPS) is 20.6. The summed E-state index contributed by atoms with van der Waals surface area (Å²) >= 11 is 0. The highest BCUT2D eigenvalue weighted by Gasteiger charge is 2.60. The van der Waals surface area contributed by atoms with Gasteiger partial charge in [-0.05, 0) is 50.7 Å². The Bertz CT molecular complexity index is 630. The smallest absolute Gasteiger partial charge is 0.242 e. The summed E-state index contributed by atoms with van der Waals surface area (Å²) in [6.07, 6.45) is 4.12. The molecule has 4 nitrogen and oxygen atoms in total. The van der Waals surface area contributed by atoms with Gasteiger partial charge in [-0.1, -0.05) is 32.0 Å². The van der Waals surface area contributed by atoms with Crippen LogP contribution in [0.15, 0.2) is 24.3 Å². The van der Waals surface area contributed by atoms with Crippen molar-refractivity contribution in [3.8, 4) is 0 Å². The second-order valence-electron chi connectivity index (χ2n) is 7.23. The van der Waals surface area contributed by atoms with Crippen LogP contribution >= 0.6 is 0 Å². The highest BCUT2D eigenvalue weighted by Crippen LogP contribution is 2.51. The molecule has 1 aliphatic carbocycles. The van der Waals surface area contributed by atoms with Crippen LogP contribution in [0.3, 0.4) is 0 Å². The van der Waals surface area contributed by atoms with E-state index in [1.807, 2.05) is 28.0 Å². The first-order valence-corrected chi connectivity index (χ1v) is 9.26. The minimum Gasteiger partial charge on any atom is -0.342 e. The number of nitrogens with zero attached hydrogens (tertiary/aromatic N) is 2. The molecule has 3 rings (SSSR count). The second kappa shape index (κ2) is 6.58. The summed E-state index contributed by atoms with van der Waals surface area (Å²) in [7, 11) is 0. The van der Waals surface area contributed by atoms with Gasteiger partial charge in [-0.15, -0.1) is 0 Å². The summed E-state index contributed by atoms with van der Waals surface area (Å²) in [4.78, 5) is 30.2. The van der Waals surface area contributed by atoms with E-state index >= 15 is 0 Å². The number of para-hydroxylation sites is 1. The lowest BCUT2D eigenvalue weighted by Gasteiger charge is -2.31. The van der Waals surface area contributed by atoms with Gasteiger partial charge in [0, 0.05) is 24.8 Å². The molecule has 4 heteroatoms. The average molecular weight is 328 g/mol. The molecule has 1 fully saturated rings. The van der Waals surface area contributed by atoms with Gasteiger partial charge in [0.15, 0.2) is 0 Å². The number of hydrogen-bond donors (Lipinski definition) is 0. The van der Waals surface area contributed by atoms with Gasteiger partial charge in [0.1, 0.15) is 5.41 Å². The van der Waals surface area contributed by atoms with E-state index in [-0.39, 0.29) is 17.9 Å². The Labute approximate surface area is 144 Å². The minimum atomic E-state index is -0.796. The molecule has 1 heterocycles. The molecule has 130 valence electrons. The molecule has 0 saturated heterocycles. The molecule has 2 amide bonds. The fourth-order valence-electron chi connectivity index (χ4n) is 3.91. The largest absolute Gasteiger partial charge is 0.342 e. The lowest BCUT2D eigenvalue weighted by atomic mass is 10.0. The van der Waals surface area contributed by atoms with Gasteiger partial charge in [0.25, 0.3) is 0 Å². The first kappa shape index (κ1) is 17.0. The molecule has 24 heavy (non-hydrogen) atoms. The van der Waals surface area contributed by atoms with E-state index in [9.17, 15) is 9.59 Å². The van der Waals surface area contributed by atoms with E-state index in [0.717, 1.165) is 38.0 Å². The predicted molar refractivity (Wildman–Crippen MR) is 95.9 cm³/mol. The molecular weight excluding hydrogens is 300 g/mol. The van der Waals surface area contributed by atoms with Gasteiger partial charge in [0.05, 0.1) is 0 Å². The topological polar surface area (TPSA) is 40.6 Å². The van der Waals surface area contributed by atoms with Crippen molar-refractivity contribution in [3.05, 3.63) is 29.8 Å². The fraction of sp³-hybridized carbons (Fsp3) is 0.600. The molecule has 0 bridgehead atoms. The van der Waals surface area contributed by atoms with E-state index < -0.39 is 5.41 Å². The van der Waals surface area contributed by atoms with E-state index in [1.54, 1.807) is 0 Å². The Morgan fingerprint density at radius 1 is 1.17 bits per heavy atom. The van der Waals surface area contributed by atoms with Crippen molar-refractivity contribution < 1.29 is 9.59 Å². The number of carbonyl (C=O) groups is 2. The number of carbonyl (C=O) groups excluding carboxylic acids is 2. The molecule has 1 saturated carbocycles. The van der Waals surface area contributed by atoms with Gasteiger partial charge in [0.2, 0.25) is 11.8 Å². The zero-order valence-electron chi connectivity index (χ0n) is 15.0. The summed E-state index contributed by atoms with van der Waals surface area (Å²) in [6.45, 7) is 7.72. The summed E-state index contributed by atoms with van der Waals surface area (Å²) in [5, 5.41) is 0. The van der Waals surface area contributed by atoms with Crippen molar-refractivity contribution in [2.24, 2.45) is 5.41 Å². The van der Waals surface area contributed by atoms with Crippen LogP contribution in [0, 0.1) is 5.41 Å². The first-order valence-electron chi connectivity index (χ1n) is 9.26. The number of fused-ring (bicyclic) bond motifs is 1. The van der Waals surface area contributed by atoms with E-state index in [0.29, 0.717) is 12.8 Å². The highest BCUT2D eigenvalue weighted by atomic mass is 16.2. The zero-order chi connectivity index (χ0) is 17.3.